The van der Waals surface area contributed by atoms with E-state index in [0.29, 0.717) is 18.6 Å². The Morgan fingerprint density at radius 3 is 2.77 bits per heavy atom. The van der Waals surface area contributed by atoms with Crippen molar-refractivity contribution in [1.29, 1.82) is 0 Å². The first kappa shape index (κ1) is 18.0. The lowest BCUT2D eigenvalue weighted by atomic mass is 9.98. The SMILES string of the molecule is C[C@H](NC(=O)COC(=O)CN1C(=O)NC2(CCCC2)C1=O)c1ccco1. The average Bonchev–Trinajstić information content (AvgIpc) is 3.32. The van der Waals surface area contributed by atoms with Crippen molar-refractivity contribution in [2.24, 2.45) is 0 Å². The van der Waals surface area contributed by atoms with Crippen LogP contribution in [0.25, 0.3) is 0 Å². The lowest BCUT2D eigenvalue weighted by molar-refractivity contribution is -0.151. The van der Waals surface area contributed by atoms with E-state index in [4.69, 9.17) is 9.15 Å². The van der Waals surface area contributed by atoms with Gasteiger partial charge in [-0.2, -0.15) is 0 Å². The molecule has 2 heterocycles. The molecule has 9 heteroatoms. The van der Waals surface area contributed by atoms with Crippen molar-refractivity contribution in [3.8, 4) is 0 Å². The molecule has 1 aromatic heterocycles. The Morgan fingerprint density at radius 2 is 2.12 bits per heavy atom. The van der Waals surface area contributed by atoms with Gasteiger partial charge in [-0.1, -0.05) is 12.8 Å². The fraction of sp³-hybridized carbons (Fsp3) is 0.529. The molecule has 0 bridgehead atoms. The summed E-state index contributed by atoms with van der Waals surface area (Å²) >= 11 is 0. The van der Waals surface area contributed by atoms with Gasteiger partial charge in [0.1, 0.15) is 17.8 Å². The van der Waals surface area contributed by atoms with Gasteiger partial charge in [0, 0.05) is 0 Å². The number of furan rings is 1. The molecular weight excluding hydrogens is 342 g/mol. The van der Waals surface area contributed by atoms with Gasteiger partial charge < -0.3 is 19.8 Å². The second-order valence-corrected chi connectivity index (χ2v) is 6.58. The van der Waals surface area contributed by atoms with Gasteiger partial charge in [-0.3, -0.25) is 19.3 Å². The minimum atomic E-state index is -0.868. The third-order valence-electron chi connectivity index (χ3n) is 4.70. The Bertz CT molecular complexity index is 708. The summed E-state index contributed by atoms with van der Waals surface area (Å²) in [7, 11) is 0. The maximum absolute atomic E-state index is 12.4. The molecule has 1 aliphatic heterocycles. The van der Waals surface area contributed by atoms with Crippen LogP contribution in [0.2, 0.25) is 0 Å². The zero-order valence-corrected chi connectivity index (χ0v) is 14.4. The van der Waals surface area contributed by atoms with Crippen molar-refractivity contribution >= 4 is 23.8 Å². The van der Waals surface area contributed by atoms with E-state index in [1.54, 1.807) is 19.1 Å². The highest BCUT2D eigenvalue weighted by molar-refractivity contribution is 6.08. The molecule has 2 N–H and O–H groups in total. The van der Waals surface area contributed by atoms with Crippen molar-refractivity contribution in [2.75, 3.05) is 13.2 Å². The summed E-state index contributed by atoms with van der Waals surface area (Å²) in [6.07, 6.45) is 4.37. The fourth-order valence-electron chi connectivity index (χ4n) is 3.35. The Labute approximate surface area is 150 Å². The third kappa shape index (κ3) is 3.56. The molecule has 3 rings (SSSR count). The van der Waals surface area contributed by atoms with Crippen LogP contribution in [-0.2, 0) is 19.1 Å². The second kappa shape index (κ2) is 7.19. The highest BCUT2D eigenvalue weighted by Gasteiger charge is 2.52. The number of carbonyl (C=O) groups is 4. The predicted molar refractivity (Wildman–Crippen MR) is 87.7 cm³/mol. The van der Waals surface area contributed by atoms with Gasteiger partial charge >= 0.3 is 12.0 Å². The molecule has 1 aromatic rings. The topological polar surface area (TPSA) is 118 Å². The molecule has 4 amide bonds. The number of nitrogens with zero attached hydrogens (tertiary/aromatic N) is 1. The Morgan fingerprint density at radius 1 is 1.38 bits per heavy atom. The van der Waals surface area contributed by atoms with Crippen molar-refractivity contribution < 1.29 is 28.3 Å². The van der Waals surface area contributed by atoms with Crippen LogP contribution in [0.1, 0.15) is 44.4 Å². The number of hydrogen-bond donors (Lipinski definition) is 2. The van der Waals surface area contributed by atoms with Crippen LogP contribution < -0.4 is 10.6 Å². The number of ether oxygens (including phenoxy) is 1. The molecule has 0 aromatic carbocycles. The molecule has 1 aliphatic carbocycles. The highest BCUT2D eigenvalue weighted by atomic mass is 16.5. The Balaban J connectivity index is 1.46. The fourth-order valence-corrected chi connectivity index (χ4v) is 3.35. The number of urea groups is 1. The van der Waals surface area contributed by atoms with E-state index in [0.717, 1.165) is 17.7 Å². The predicted octanol–water partition coefficient (Wildman–Crippen LogP) is 0.865. The van der Waals surface area contributed by atoms with Gasteiger partial charge in [-0.15, -0.1) is 0 Å². The number of hydrogen-bond acceptors (Lipinski definition) is 6. The van der Waals surface area contributed by atoms with Gasteiger partial charge in [0.05, 0.1) is 12.3 Å². The Kier molecular flexibility index (Phi) is 4.97. The average molecular weight is 363 g/mol. The van der Waals surface area contributed by atoms with E-state index >= 15 is 0 Å². The molecule has 1 atom stereocenters. The van der Waals surface area contributed by atoms with Crippen LogP contribution in [0.15, 0.2) is 22.8 Å². The summed E-state index contributed by atoms with van der Waals surface area (Å²) in [4.78, 5) is 49.0. The van der Waals surface area contributed by atoms with E-state index in [2.05, 4.69) is 10.6 Å². The molecule has 9 nitrogen and oxygen atoms in total. The molecule has 1 saturated carbocycles. The highest BCUT2D eigenvalue weighted by Crippen LogP contribution is 2.34. The van der Waals surface area contributed by atoms with Crippen molar-refractivity contribution in [3.05, 3.63) is 24.2 Å². The van der Waals surface area contributed by atoms with E-state index in [1.165, 1.54) is 6.26 Å². The Hall–Kier alpha value is -2.84. The van der Waals surface area contributed by atoms with Crippen LogP contribution in [0.3, 0.4) is 0 Å². The number of imide groups is 1. The molecule has 0 radical (unpaired) electrons. The summed E-state index contributed by atoms with van der Waals surface area (Å²) in [5.41, 5.74) is -0.868. The summed E-state index contributed by atoms with van der Waals surface area (Å²) in [5.74, 6) is -1.14. The molecule has 1 spiro atoms. The number of nitrogens with one attached hydrogen (secondary N) is 2. The van der Waals surface area contributed by atoms with Crippen LogP contribution in [-0.4, -0.2) is 47.4 Å². The first-order valence-electron chi connectivity index (χ1n) is 8.54. The first-order valence-corrected chi connectivity index (χ1v) is 8.54. The largest absolute Gasteiger partial charge is 0.467 e. The monoisotopic (exact) mass is 363 g/mol. The third-order valence-corrected chi connectivity index (χ3v) is 4.70. The number of esters is 1. The maximum atomic E-state index is 12.4. The quantitative estimate of drug-likeness (QED) is 0.572. The van der Waals surface area contributed by atoms with Gasteiger partial charge in [0.25, 0.3) is 11.8 Å². The lowest BCUT2D eigenvalue weighted by Crippen LogP contribution is -2.44. The van der Waals surface area contributed by atoms with Crippen molar-refractivity contribution in [2.45, 2.75) is 44.2 Å². The summed E-state index contributed by atoms with van der Waals surface area (Å²) in [6, 6.07) is 2.45. The minimum absolute atomic E-state index is 0.371. The van der Waals surface area contributed by atoms with Crippen LogP contribution >= 0.6 is 0 Å². The first-order chi connectivity index (χ1) is 12.4. The minimum Gasteiger partial charge on any atom is -0.467 e. The van der Waals surface area contributed by atoms with E-state index in [1.807, 2.05) is 0 Å². The molecule has 140 valence electrons. The van der Waals surface area contributed by atoms with E-state index in [9.17, 15) is 19.2 Å². The molecular formula is C17H21N3O6. The number of carbonyl (C=O) groups excluding carboxylic acids is 4. The lowest BCUT2D eigenvalue weighted by Gasteiger charge is -2.19. The summed E-state index contributed by atoms with van der Waals surface area (Å²) in [6.45, 7) is 0.721. The second-order valence-electron chi connectivity index (χ2n) is 6.58. The smallest absolute Gasteiger partial charge is 0.326 e. The summed E-state index contributed by atoms with van der Waals surface area (Å²) < 4.78 is 10.0. The zero-order chi connectivity index (χ0) is 18.7. The normalized spacial score (nSPS) is 19.5. The summed E-state index contributed by atoms with van der Waals surface area (Å²) in [5, 5.41) is 5.30. The van der Waals surface area contributed by atoms with Crippen LogP contribution in [0.4, 0.5) is 4.79 Å². The standard InChI is InChI=1S/C17H21N3O6/c1-11(12-5-4-8-25-12)18-13(21)10-26-14(22)9-20-15(23)17(19-16(20)24)6-2-3-7-17/h4-5,8,11H,2-3,6-7,9-10H2,1H3,(H,18,21)(H,19,24)/t11-/m0/s1. The zero-order valence-electron chi connectivity index (χ0n) is 14.4. The van der Waals surface area contributed by atoms with E-state index < -0.39 is 42.5 Å². The molecule has 0 unspecified atom stereocenters. The number of amides is 4. The van der Waals surface area contributed by atoms with Gasteiger partial charge in [-0.25, -0.2) is 4.79 Å². The molecule has 2 fully saturated rings. The van der Waals surface area contributed by atoms with Crippen molar-refractivity contribution in [1.82, 2.24) is 15.5 Å². The van der Waals surface area contributed by atoms with Gasteiger partial charge in [0.15, 0.2) is 6.61 Å². The molecule has 26 heavy (non-hydrogen) atoms. The molecule has 1 saturated heterocycles. The van der Waals surface area contributed by atoms with Gasteiger partial charge in [-0.05, 0) is 31.9 Å². The van der Waals surface area contributed by atoms with Crippen LogP contribution in [0.5, 0.6) is 0 Å². The van der Waals surface area contributed by atoms with E-state index in [-0.39, 0.29) is 6.04 Å². The van der Waals surface area contributed by atoms with Crippen molar-refractivity contribution in [3.63, 3.8) is 0 Å². The van der Waals surface area contributed by atoms with Gasteiger partial charge in [0.2, 0.25) is 0 Å². The number of rotatable bonds is 6. The molecule has 2 aliphatic rings. The maximum Gasteiger partial charge on any atom is 0.326 e. The van der Waals surface area contributed by atoms with Crippen LogP contribution in [0, 0.1) is 0 Å².